The van der Waals surface area contributed by atoms with Crippen LogP contribution in [0.25, 0.3) is 0 Å². The lowest BCUT2D eigenvalue weighted by molar-refractivity contribution is -0.164. The number of aromatic nitrogens is 2. The number of esters is 2. The topological polar surface area (TPSA) is 142 Å². The molecule has 1 heterocycles. The molecule has 1 aromatic heterocycles. The zero-order chi connectivity index (χ0) is 32.2. The number of aryl methyl sites for hydroxylation is 1. The van der Waals surface area contributed by atoms with Crippen LogP contribution in [0.4, 0.5) is 0 Å². The Hall–Kier alpha value is -4.56. The molecule has 1 aliphatic rings. The summed E-state index contributed by atoms with van der Waals surface area (Å²) in [6, 6.07) is 13.0. The number of hydrogen-bond donors (Lipinski definition) is 1. The third kappa shape index (κ3) is 6.50. The molecule has 0 atom stereocenters. The average Bonchev–Trinajstić information content (AvgIpc) is 3.48. The first-order valence-electron chi connectivity index (χ1n) is 14.0. The number of ether oxygens (including phenoxy) is 4. The van der Waals surface area contributed by atoms with Crippen molar-refractivity contribution in [3.63, 3.8) is 0 Å². The number of nitrogens with one attached hydrogen (secondary N) is 1. The zero-order valence-corrected chi connectivity index (χ0v) is 26.2. The van der Waals surface area contributed by atoms with Crippen molar-refractivity contribution in [1.82, 2.24) is 15.1 Å². The molecule has 232 valence electrons. The van der Waals surface area contributed by atoms with Crippen LogP contribution in [0.15, 0.2) is 48.7 Å². The normalized spacial score (nSPS) is 17.9. The molecule has 12 heteroatoms. The van der Waals surface area contributed by atoms with E-state index in [0.717, 1.165) is 0 Å². The Balaban J connectivity index is 1.31. The van der Waals surface area contributed by atoms with Gasteiger partial charge in [0.1, 0.15) is 29.4 Å². The molecule has 1 fully saturated rings. The van der Waals surface area contributed by atoms with Gasteiger partial charge in [0.05, 0.1) is 42.5 Å². The number of amides is 1. The molecule has 0 radical (unpaired) electrons. The van der Waals surface area contributed by atoms with Gasteiger partial charge in [0.25, 0.3) is 5.91 Å². The Bertz CT molecular complexity index is 1590. The van der Waals surface area contributed by atoms with Gasteiger partial charge < -0.3 is 24.3 Å². The van der Waals surface area contributed by atoms with Gasteiger partial charge in [0.2, 0.25) is 0 Å². The molecule has 1 N–H and O–H groups in total. The Morgan fingerprint density at radius 1 is 0.977 bits per heavy atom. The molecule has 3 aromatic rings. The first-order valence-corrected chi connectivity index (χ1v) is 14.3. The molecule has 1 saturated carbocycles. The van der Waals surface area contributed by atoms with E-state index in [1.54, 1.807) is 41.2 Å². The predicted octanol–water partition coefficient (Wildman–Crippen LogP) is 5.06. The molecular formula is C32H35ClN4O7. The second-order valence-electron chi connectivity index (χ2n) is 11.7. The summed E-state index contributed by atoms with van der Waals surface area (Å²) in [6.07, 6.45) is 2.07. The molecule has 11 nitrogen and oxygen atoms in total. The Morgan fingerprint density at radius 2 is 1.64 bits per heavy atom. The van der Waals surface area contributed by atoms with E-state index in [1.807, 2.05) is 33.8 Å². The lowest BCUT2D eigenvalue weighted by Crippen LogP contribution is -2.74. The van der Waals surface area contributed by atoms with Gasteiger partial charge in [-0.15, -0.1) is 0 Å². The zero-order valence-electron chi connectivity index (χ0n) is 25.5. The number of benzene rings is 2. The maximum Gasteiger partial charge on any atom is 0.338 e. The minimum Gasteiger partial charge on any atom is -0.494 e. The summed E-state index contributed by atoms with van der Waals surface area (Å²) in [5.74, 6) is -0.650. The van der Waals surface area contributed by atoms with Gasteiger partial charge >= 0.3 is 11.9 Å². The van der Waals surface area contributed by atoms with Crippen molar-refractivity contribution in [3.8, 4) is 17.6 Å². The standard InChI is InChI=1S/C32H35ClN4O7/c1-31(2)29(32(3,4)30(31)44-21-9-8-19(18-34)24(33)17-21)35-26(38)25-12-14-37(36-25)13-7-15-43-20-10-11-22(27(39)41-5)23(16-20)28(40)42-6/h8-12,14,16-17,29-30H,7,13,15H2,1-6H3,(H,35,38). The third-order valence-electron chi connectivity index (χ3n) is 7.91. The number of rotatable bonds is 11. The van der Waals surface area contributed by atoms with E-state index in [0.29, 0.717) is 47.4 Å². The monoisotopic (exact) mass is 622 g/mol. The van der Waals surface area contributed by atoms with Crippen LogP contribution in [-0.2, 0) is 16.0 Å². The number of halogens is 1. The molecule has 2 aromatic carbocycles. The fourth-order valence-electron chi connectivity index (χ4n) is 6.00. The van der Waals surface area contributed by atoms with Crippen LogP contribution in [0.2, 0.25) is 5.02 Å². The smallest absolute Gasteiger partial charge is 0.338 e. The second kappa shape index (κ2) is 13.0. The van der Waals surface area contributed by atoms with Gasteiger partial charge in [0, 0.05) is 42.1 Å². The summed E-state index contributed by atoms with van der Waals surface area (Å²) < 4.78 is 23.2. The number of hydrogen-bond acceptors (Lipinski definition) is 9. The van der Waals surface area contributed by atoms with Crippen LogP contribution in [0, 0.1) is 22.2 Å². The minimum atomic E-state index is -0.675. The van der Waals surface area contributed by atoms with E-state index >= 15 is 0 Å². The highest BCUT2D eigenvalue weighted by atomic mass is 35.5. The van der Waals surface area contributed by atoms with E-state index < -0.39 is 22.8 Å². The average molecular weight is 623 g/mol. The SMILES string of the molecule is COC(=O)c1ccc(OCCCn2ccc(C(=O)NC3C(C)(C)C(Oc4ccc(C#N)c(Cl)c4)C3(C)C)n2)cc1C(=O)OC. The molecule has 0 unspecified atom stereocenters. The van der Waals surface area contributed by atoms with E-state index in [9.17, 15) is 14.4 Å². The molecular weight excluding hydrogens is 588 g/mol. The van der Waals surface area contributed by atoms with Gasteiger partial charge in [-0.3, -0.25) is 9.48 Å². The number of nitriles is 1. The second-order valence-corrected chi connectivity index (χ2v) is 12.1. The van der Waals surface area contributed by atoms with Gasteiger partial charge in [-0.25, -0.2) is 9.59 Å². The van der Waals surface area contributed by atoms with Crippen molar-refractivity contribution in [2.24, 2.45) is 10.8 Å². The van der Waals surface area contributed by atoms with Crippen molar-refractivity contribution in [1.29, 1.82) is 5.26 Å². The highest BCUT2D eigenvalue weighted by Crippen LogP contribution is 2.55. The van der Waals surface area contributed by atoms with Crippen LogP contribution in [0.3, 0.4) is 0 Å². The maximum absolute atomic E-state index is 13.2. The van der Waals surface area contributed by atoms with Crippen molar-refractivity contribution in [2.45, 2.75) is 52.8 Å². The number of carbonyl (C=O) groups is 3. The lowest BCUT2D eigenvalue weighted by atomic mass is 9.49. The van der Waals surface area contributed by atoms with Gasteiger partial charge in [0.15, 0.2) is 0 Å². The van der Waals surface area contributed by atoms with Crippen LogP contribution >= 0.6 is 11.6 Å². The highest BCUT2D eigenvalue weighted by molar-refractivity contribution is 6.31. The molecule has 1 aliphatic carbocycles. The Kier molecular flexibility index (Phi) is 9.54. The van der Waals surface area contributed by atoms with Gasteiger partial charge in [-0.1, -0.05) is 39.3 Å². The van der Waals surface area contributed by atoms with Crippen LogP contribution in [0.1, 0.15) is 70.9 Å². The maximum atomic E-state index is 13.2. The van der Waals surface area contributed by atoms with E-state index in [1.165, 1.54) is 26.4 Å². The summed E-state index contributed by atoms with van der Waals surface area (Å²) in [7, 11) is 2.46. The Labute approximate surface area is 261 Å². The molecule has 0 spiro atoms. The van der Waals surface area contributed by atoms with Crippen molar-refractivity contribution < 1.29 is 33.3 Å². The molecule has 1 amide bonds. The van der Waals surface area contributed by atoms with Crippen molar-refractivity contribution >= 4 is 29.4 Å². The predicted molar refractivity (Wildman–Crippen MR) is 161 cm³/mol. The largest absolute Gasteiger partial charge is 0.494 e. The summed E-state index contributed by atoms with van der Waals surface area (Å²) in [6.45, 7) is 8.93. The van der Waals surface area contributed by atoms with E-state index in [2.05, 4.69) is 10.4 Å². The first-order chi connectivity index (χ1) is 20.8. The van der Waals surface area contributed by atoms with Crippen molar-refractivity contribution in [2.75, 3.05) is 20.8 Å². The molecule has 4 rings (SSSR count). The van der Waals surface area contributed by atoms with E-state index in [-0.39, 0.29) is 29.2 Å². The quantitative estimate of drug-likeness (QED) is 0.229. The summed E-state index contributed by atoms with van der Waals surface area (Å²) in [5, 5.41) is 17.0. The van der Waals surface area contributed by atoms with Crippen molar-refractivity contribution in [3.05, 3.63) is 76.1 Å². The number of methoxy groups -OCH3 is 2. The molecule has 44 heavy (non-hydrogen) atoms. The fraction of sp³-hybridized carbons (Fsp3) is 0.406. The third-order valence-corrected chi connectivity index (χ3v) is 8.22. The first kappa shape index (κ1) is 32.4. The van der Waals surface area contributed by atoms with Crippen LogP contribution < -0.4 is 14.8 Å². The van der Waals surface area contributed by atoms with Gasteiger partial charge in [-0.05, 0) is 36.4 Å². The summed E-state index contributed by atoms with van der Waals surface area (Å²) >= 11 is 6.19. The Morgan fingerprint density at radius 3 is 2.27 bits per heavy atom. The summed E-state index contributed by atoms with van der Waals surface area (Å²) in [4.78, 5) is 37.2. The van der Waals surface area contributed by atoms with Gasteiger partial charge in [-0.2, -0.15) is 10.4 Å². The molecule has 0 bridgehead atoms. The van der Waals surface area contributed by atoms with Crippen LogP contribution in [-0.4, -0.2) is 60.6 Å². The summed E-state index contributed by atoms with van der Waals surface area (Å²) in [5.41, 5.74) is 0.00630. The van der Waals surface area contributed by atoms with Crippen LogP contribution in [0.5, 0.6) is 11.5 Å². The molecule has 0 aliphatic heterocycles. The minimum absolute atomic E-state index is 0.0499. The lowest BCUT2D eigenvalue weighted by Gasteiger charge is -2.63. The highest BCUT2D eigenvalue weighted by Gasteiger charge is 2.64. The molecule has 0 saturated heterocycles. The fourth-order valence-corrected chi connectivity index (χ4v) is 6.22. The number of carbonyl (C=O) groups excluding carboxylic acids is 3. The number of nitrogens with zero attached hydrogens (tertiary/aromatic N) is 3. The van der Waals surface area contributed by atoms with E-state index in [4.69, 9.17) is 35.8 Å².